The van der Waals surface area contributed by atoms with Crippen molar-refractivity contribution >= 4 is 62.7 Å². The second kappa shape index (κ2) is 13.0. The molecule has 2 atom stereocenters. The lowest BCUT2D eigenvalue weighted by Gasteiger charge is -2.52. The first-order chi connectivity index (χ1) is 29.4. The first kappa shape index (κ1) is 39.4. The maximum atomic E-state index is 7.51. The van der Waals surface area contributed by atoms with E-state index in [0.717, 1.165) is 23.6 Å². The molecule has 1 fully saturated rings. The Labute approximate surface area is 370 Å². The van der Waals surface area contributed by atoms with Gasteiger partial charge in [0, 0.05) is 38.9 Å². The van der Waals surface area contributed by atoms with Crippen molar-refractivity contribution < 1.29 is 4.42 Å². The summed E-state index contributed by atoms with van der Waals surface area (Å²) < 4.78 is 7.51. The Balaban J connectivity index is 1.32. The fraction of sp³-hybridized carbons (Fsp3) is 0.345. The SMILES string of the molecule is CC(C)(C)c1ccc(N2c3cc(-c4ccccc4)cc4c3B(c3cc(C(C)(C)C)cc5c3N4C3(C)CCCCC53C)c3c2oc2cc(C(C)(C)C)ccc32)c(-c2ccccc2)c1. The van der Waals surface area contributed by atoms with Crippen LogP contribution in [0, 0.1) is 0 Å². The Morgan fingerprint density at radius 3 is 1.84 bits per heavy atom. The molecule has 1 aromatic heterocycles. The Kier molecular flexibility index (Phi) is 8.28. The molecule has 312 valence electrons. The number of furan rings is 1. The monoisotopic (exact) mass is 812 g/mol. The van der Waals surface area contributed by atoms with Crippen LogP contribution in [0.15, 0.2) is 126 Å². The Hall–Kier alpha value is -5.48. The average Bonchev–Trinajstić information content (AvgIpc) is 3.71. The van der Waals surface area contributed by atoms with Crippen LogP contribution >= 0.6 is 0 Å². The van der Waals surface area contributed by atoms with Crippen LogP contribution in [0.25, 0.3) is 33.2 Å². The first-order valence-electron chi connectivity index (χ1n) is 23.2. The van der Waals surface area contributed by atoms with E-state index in [2.05, 4.69) is 207 Å². The van der Waals surface area contributed by atoms with Crippen LogP contribution in [-0.2, 0) is 21.7 Å². The van der Waals surface area contributed by atoms with Gasteiger partial charge in [0.05, 0.1) is 11.2 Å². The number of nitrogens with zero attached hydrogens (tertiary/aromatic N) is 2. The average molecular weight is 813 g/mol. The molecule has 3 nitrogen and oxygen atoms in total. The molecule has 4 aliphatic rings. The molecule has 0 bridgehead atoms. The molecular weight excluding hydrogens is 751 g/mol. The van der Waals surface area contributed by atoms with Crippen molar-refractivity contribution in [3.8, 4) is 22.3 Å². The van der Waals surface area contributed by atoms with E-state index in [0.29, 0.717) is 0 Å². The number of benzene rings is 6. The van der Waals surface area contributed by atoms with Crippen molar-refractivity contribution in [1.29, 1.82) is 0 Å². The Bertz CT molecular complexity index is 2960. The summed E-state index contributed by atoms with van der Waals surface area (Å²) >= 11 is 0. The van der Waals surface area contributed by atoms with Gasteiger partial charge in [0.1, 0.15) is 5.58 Å². The summed E-state index contributed by atoms with van der Waals surface area (Å²) in [5, 5.41) is 1.20. The summed E-state index contributed by atoms with van der Waals surface area (Å²) in [6, 6.07) is 46.6. The highest BCUT2D eigenvalue weighted by molar-refractivity contribution is 7.01. The molecule has 6 aromatic carbocycles. The summed E-state index contributed by atoms with van der Waals surface area (Å²) in [6.07, 6.45) is 4.84. The second-order valence-electron chi connectivity index (χ2n) is 22.6. The van der Waals surface area contributed by atoms with Crippen LogP contribution in [0.3, 0.4) is 0 Å². The summed E-state index contributed by atoms with van der Waals surface area (Å²) in [5.41, 5.74) is 20.4. The molecule has 0 saturated heterocycles. The van der Waals surface area contributed by atoms with Gasteiger partial charge in [0.25, 0.3) is 6.71 Å². The van der Waals surface area contributed by atoms with Gasteiger partial charge in [-0.25, -0.2) is 0 Å². The van der Waals surface area contributed by atoms with Gasteiger partial charge in [-0.1, -0.05) is 173 Å². The van der Waals surface area contributed by atoms with E-state index in [1.165, 1.54) is 103 Å². The summed E-state index contributed by atoms with van der Waals surface area (Å²) in [5.74, 6) is 0.927. The highest BCUT2D eigenvalue weighted by atomic mass is 16.4. The Morgan fingerprint density at radius 1 is 0.548 bits per heavy atom. The molecule has 0 spiro atoms. The lowest BCUT2D eigenvalue weighted by Crippen LogP contribution is -2.64. The minimum atomic E-state index is -0.0956. The van der Waals surface area contributed by atoms with Crippen LogP contribution in [0.5, 0.6) is 0 Å². The molecule has 7 aromatic rings. The van der Waals surface area contributed by atoms with E-state index in [4.69, 9.17) is 4.42 Å². The molecule has 1 saturated carbocycles. The molecule has 3 aliphatic heterocycles. The zero-order valence-corrected chi connectivity index (χ0v) is 38.8. The molecule has 0 radical (unpaired) electrons. The molecular formula is C58H61BN2O. The first-order valence-corrected chi connectivity index (χ1v) is 23.2. The van der Waals surface area contributed by atoms with Crippen molar-refractivity contribution in [2.45, 2.75) is 129 Å². The summed E-state index contributed by atoms with van der Waals surface area (Å²) in [7, 11) is 0. The van der Waals surface area contributed by atoms with Crippen LogP contribution in [-0.4, -0.2) is 12.3 Å². The van der Waals surface area contributed by atoms with Crippen molar-refractivity contribution in [3.63, 3.8) is 0 Å². The Morgan fingerprint density at radius 2 is 1.16 bits per heavy atom. The summed E-state index contributed by atoms with van der Waals surface area (Å²) in [4.78, 5) is 5.40. The van der Waals surface area contributed by atoms with Gasteiger partial charge in [-0.3, -0.25) is 4.90 Å². The third kappa shape index (κ3) is 5.50. The number of rotatable bonds is 3. The fourth-order valence-electron chi connectivity index (χ4n) is 11.8. The normalized spacial score (nSPS) is 20.3. The molecule has 4 heteroatoms. The largest absolute Gasteiger partial charge is 0.440 e. The molecule has 2 unspecified atom stereocenters. The van der Waals surface area contributed by atoms with Crippen LogP contribution in [0.2, 0.25) is 0 Å². The van der Waals surface area contributed by atoms with E-state index < -0.39 is 0 Å². The van der Waals surface area contributed by atoms with E-state index in [9.17, 15) is 0 Å². The highest BCUT2D eigenvalue weighted by Crippen LogP contribution is 2.63. The second-order valence-corrected chi connectivity index (χ2v) is 22.6. The van der Waals surface area contributed by atoms with Crippen LogP contribution < -0.4 is 26.2 Å². The minimum absolute atomic E-state index is 0.00835. The number of hydrogen-bond acceptors (Lipinski definition) is 3. The van der Waals surface area contributed by atoms with Gasteiger partial charge < -0.3 is 9.32 Å². The van der Waals surface area contributed by atoms with E-state index in [1.54, 1.807) is 0 Å². The predicted octanol–water partition coefficient (Wildman–Crippen LogP) is 14.0. The van der Waals surface area contributed by atoms with Gasteiger partial charge in [0.15, 0.2) is 0 Å². The molecule has 0 N–H and O–H groups in total. The summed E-state index contributed by atoms with van der Waals surface area (Å²) in [6.45, 7) is 26.2. The molecule has 4 heterocycles. The van der Waals surface area contributed by atoms with E-state index in [-0.39, 0.29) is 33.9 Å². The number of fused-ring (bicyclic) bond motifs is 9. The number of hydrogen-bond donors (Lipinski definition) is 0. The molecule has 62 heavy (non-hydrogen) atoms. The lowest BCUT2D eigenvalue weighted by atomic mass is 9.33. The van der Waals surface area contributed by atoms with Crippen molar-refractivity contribution in [1.82, 2.24) is 0 Å². The molecule has 1 aliphatic carbocycles. The quantitative estimate of drug-likeness (QED) is 0.166. The fourth-order valence-corrected chi connectivity index (χ4v) is 11.8. The predicted molar refractivity (Wildman–Crippen MR) is 265 cm³/mol. The van der Waals surface area contributed by atoms with Crippen LogP contribution in [0.1, 0.15) is 124 Å². The van der Waals surface area contributed by atoms with Crippen molar-refractivity contribution in [3.05, 3.63) is 144 Å². The van der Waals surface area contributed by atoms with Crippen molar-refractivity contribution in [2.75, 3.05) is 9.80 Å². The lowest BCUT2D eigenvalue weighted by molar-refractivity contribution is 0.195. The van der Waals surface area contributed by atoms with Crippen LogP contribution in [0.4, 0.5) is 28.6 Å². The third-order valence-electron chi connectivity index (χ3n) is 15.7. The zero-order valence-electron chi connectivity index (χ0n) is 38.8. The van der Waals surface area contributed by atoms with Gasteiger partial charge in [-0.05, 0) is 116 Å². The standard InChI is InChI=1S/C58H61BN2O/c1-54(2,3)39-25-27-46(43(32-39)37-22-16-13-17-23-37)60-47-30-38(36-20-14-12-15-21-36)31-48-51(47)59(50-42-26-24-40(55(4,5)6)35-49(42)62-53(50)60)45-34-41(56(7,8)9)33-44-52(45)61(48)58(11)29-19-18-28-57(44,58)10/h12-17,20-27,30-35H,18-19,28-29H2,1-11H3. The molecule has 11 rings (SSSR count). The van der Waals surface area contributed by atoms with Gasteiger partial charge in [0.2, 0.25) is 5.88 Å². The maximum Gasteiger partial charge on any atom is 0.257 e. The van der Waals surface area contributed by atoms with Crippen molar-refractivity contribution in [2.24, 2.45) is 0 Å². The smallest absolute Gasteiger partial charge is 0.257 e. The minimum Gasteiger partial charge on any atom is -0.440 e. The van der Waals surface area contributed by atoms with E-state index in [1.807, 2.05) is 0 Å². The molecule has 0 amide bonds. The zero-order chi connectivity index (χ0) is 43.3. The maximum absolute atomic E-state index is 7.51. The number of anilines is 5. The topological polar surface area (TPSA) is 19.6 Å². The van der Waals surface area contributed by atoms with E-state index >= 15 is 0 Å². The van der Waals surface area contributed by atoms with Gasteiger partial charge >= 0.3 is 0 Å². The van der Waals surface area contributed by atoms with Gasteiger partial charge in [-0.15, -0.1) is 0 Å². The highest BCUT2D eigenvalue weighted by Gasteiger charge is 2.62. The van der Waals surface area contributed by atoms with Gasteiger partial charge in [-0.2, -0.15) is 0 Å². The third-order valence-corrected chi connectivity index (χ3v) is 15.7.